The molecule has 0 aromatic rings. The number of carbonyl (C=O) groups is 2. The minimum atomic E-state index is -0.727. The maximum absolute atomic E-state index is 11.6. The van der Waals surface area contributed by atoms with E-state index in [9.17, 15) is 9.59 Å². The lowest BCUT2D eigenvalue weighted by Gasteiger charge is -2.22. The number of carbonyl (C=O) groups excluding carboxylic acids is 2. The second-order valence-corrected chi connectivity index (χ2v) is 5.63. The summed E-state index contributed by atoms with van der Waals surface area (Å²) < 4.78 is 9.77. The molecule has 1 unspecified atom stereocenters. The van der Waals surface area contributed by atoms with Crippen LogP contribution in [-0.2, 0) is 14.3 Å². The van der Waals surface area contributed by atoms with Crippen LogP contribution < -0.4 is 5.32 Å². The molecule has 0 radical (unpaired) electrons. The lowest BCUT2D eigenvalue weighted by molar-refractivity contribution is -0.143. The van der Waals surface area contributed by atoms with Crippen LogP contribution >= 0.6 is 0 Å². The molecule has 0 fully saturated rings. The van der Waals surface area contributed by atoms with Crippen molar-refractivity contribution in [2.45, 2.75) is 52.7 Å². The molecule has 0 saturated heterocycles. The number of hydrogen-bond donors (Lipinski definition) is 1. The number of nitrogens with one attached hydrogen (secondary N) is 1. The van der Waals surface area contributed by atoms with Gasteiger partial charge in [0.2, 0.25) is 0 Å². The SMILES string of the molecule is COC(=O)C(CC=CC(C)C)NC(=O)OC(C)(C)C. The average Bonchev–Trinajstić information content (AvgIpc) is 2.23. The third-order valence-corrected chi connectivity index (χ3v) is 2.07. The molecular formula is C14H25NO4. The monoisotopic (exact) mass is 271 g/mol. The molecule has 0 saturated carbocycles. The summed E-state index contributed by atoms with van der Waals surface area (Å²) in [5.41, 5.74) is -0.599. The van der Waals surface area contributed by atoms with Crippen molar-refractivity contribution in [1.82, 2.24) is 5.32 Å². The lowest BCUT2D eigenvalue weighted by atomic mass is 10.1. The largest absolute Gasteiger partial charge is 0.467 e. The third-order valence-electron chi connectivity index (χ3n) is 2.07. The first-order valence-electron chi connectivity index (χ1n) is 6.39. The van der Waals surface area contributed by atoms with Crippen LogP contribution in [0.1, 0.15) is 41.0 Å². The van der Waals surface area contributed by atoms with Gasteiger partial charge >= 0.3 is 12.1 Å². The molecule has 0 bridgehead atoms. The molecule has 0 rings (SSSR count). The Labute approximate surface area is 115 Å². The molecule has 0 aliphatic rings. The number of allylic oxidation sites excluding steroid dienone is 1. The van der Waals surface area contributed by atoms with E-state index in [1.54, 1.807) is 20.8 Å². The smallest absolute Gasteiger partial charge is 0.408 e. The van der Waals surface area contributed by atoms with E-state index in [4.69, 9.17) is 4.74 Å². The molecule has 0 aliphatic carbocycles. The molecule has 110 valence electrons. The summed E-state index contributed by atoms with van der Waals surface area (Å²) >= 11 is 0. The Balaban J connectivity index is 4.52. The van der Waals surface area contributed by atoms with E-state index in [1.165, 1.54) is 7.11 Å². The Hall–Kier alpha value is -1.52. The highest BCUT2D eigenvalue weighted by Crippen LogP contribution is 2.08. The van der Waals surface area contributed by atoms with Gasteiger partial charge in [0.15, 0.2) is 0 Å². The van der Waals surface area contributed by atoms with Gasteiger partial charge < -0.3 is 14.8 Å². The fraction of sp³-hybridized carbons (Fsp3) is 0.714. The van der Waals surface area contributed by atoms with Crippen molar-refractivity contribution in [3.8, 4) is 0 Å². The van der Waals surface area contributed by atoms with E-state index >= 15 is 0 Å². The summed E-state index contributed by atoms with van der Waals surface area (Å²) in [5, 5.41) is 2.51. The van der Waals surface area contributed by atoms with Crippen molar-refractivity contribution in [2.24, 2.45) is 5.92 Å². The molecule has 1 amide bonds. The fourth-order valence-electron chi connectivity index (χ4n) is 1.29. The van der Waals surface area contributed by atoms with Crippen LogP contribution in [0.25, 0.3) is 0 Å². The Morgan fingerprint density at radius 2 is 1.84 bits per heavy atom. The molecule has 0 spiro atoms. The van der Waals surface area contributed by atoms with Crippen LogP contribution in [0.5, 0.6) is 0 Å². The molecule has 1 N–H and O–H groups in total. The van der Waals surface area contributed by atoms with E-state index in [1.807, 2.05) is 26.0 Å². The number of amides is 1. The second-order valence-electron chi connectivity index (χ2n) is 5.63. The Kier molecular flexibility index (Phi) is 7.19. The maximum Gasteiger partial charge on any atom is 0.408 e. The highest BCUT2D eigenvalue weighted by atomic mass is 16.6. The normalized spacial score (nSPS) is 13.4. The van der Waals surface area contributed by atoms with Gasteiger partial charge in [0.05, 0.1) is 7.11 Å². The average molecular weight is 271 g/mol. The van der Waals surface area contributed by atoms with Gasteiger partial charge in [0.25, 0.3) is 0 Å². The van der Waals surface area contributed by atoms with Gasteiger partial charge in [0.1, 0.15) is 11.6 Å². The predicted octanol–water partition coefficient (Wildman–Crippen LogP) is 2.66. The predicted molar refractivity (Wildman–Crippen MR) is 73.8 cm³/mol. The maximum atomic E-state index is 11.6. The number of rotatable bonds is 5. The van der Waals surface area contributed by atoms with Gasteiger partial charge in [-0.1, -0.05) is 26.0 Å². The van der Waals surface area contributed by atoms with E-state index in [-0.39, 0.29) is 0 Å². The zero-order valence-electron chi connectivity index (χ0n) is 12.6. The van der Waals surface area contributed by atoms with Crippen molar-refractivity contribution < 1.29 is 19.1 Å². The second kappa shape index (κ2) is 7.81. The molecular weight excluding hydrogens is 246 g/mol. The lowest BCUT2D eigenvalue weighted by Crippen LogP contribution is -2.43. The van der Waals surface area contributed by atoms with Gasteiger partial charge in [-0.25, -0.2) is 9.59 Å². The van der Waals surface area contributed by atoms with Crippen LogP contribution in [0, 0.1) is 5.92 Å². The minimum Gasteiger partial charge on any atom is -0.467 e. The zero-order valence-corrected chi connectivity index (χ0v) is 12.6. The zero-order chi connectivity index (χ0) is 15.1. The van der Waals surface area contributed by atoms with Crippen LogP contribution in [0.15, 0.2) is 12.2 Å². The molecule has 5 nitrogen and oxygen atoms in total. The van der Waals surface area contributed by atoms with Crippen molar-refractivity contribution in [1.29, 1.82) is 0 Å². The van der Waals surface area contributed by atoms with E-state index in [2.05, 4.69) is 10.1 Å². The molecule has 0 heterocycles. The van der Waals surface area contributed by atoms with E-state index in [0.717, 1.165) is 0 Å². The highest BCUT2D eigenvalue weighted by Gasteiger charge is 2.23. The van der Waals surface area contributed by atoms with Crippen molar-refractivity contribution >= 4 is 12.1 Å². The summed E-state index contributed by atoms with van der Waals surface area (Å²) in [6, 6.07) is -0.727. The van der Waals surface area contributed by atoms with E-state index in [0.29, 0.717) is 12.3 Å². The fourth-order valence-corrected chi connectivity index (χ4v) is 1.29. The van der Waals surface area contributed by atoms with Crippen LogP contribution in [0.4, 0.5) is 4.79 Å². The molecule has 19 heavy (non-hydrogen) atoms. The topological polar surface area (TPSA) is 64.6 Å². The number of alkyl carbamates (subject to hydrolysis) is 1. The standard InChI is InChI=1S/C14H25NO4/c1-10(2)8-7-9-11(12(16)18-6)15-13(17)19-14(3,4)5/h7-8,10-11H,9H2,1-6H3,(H,15,17). The number of ether oxygens (including phenoxy) is 2. The number of esters is 1. The van der Waals surface area contributed by atoms with Crippen LogP contribution in [-0.4, -0.2) is 30.8 Å². The van der Waals surface area contributed by atoms with Crippen molar-refractivity contribution in [3.63, 3.8) is 0 Å². The first-order valence-corrected chi connectivity index (χ1v) is 6.39. The van der Waals surface area contributed by atoms with E-state index < -0.39 is 23.7 Å². The Morgan fingerprint density at radius 1 is 1.26 bits per heavy atom. The molecule has 0 aliphatic heterocycles. The Morgan fingerprint density at radius 3 is 2.26 bits per heavy atom. The first-order chi connectivity index (χ1) is 8.65. The van der Waals surface area contributed by atoms with Crippen LogP contribution in [0.2, 0.25) is 0 Å². The van der Waals surface area contributed by atoms with Gasteiger partial charge in [-0.15, -0.1) is 0 Å². The highest BCUT2D eigenvalue weighted by molar-refractivity contribution is 5.81. The molecule has 0 aromatic heterocycles. The molecule has 1 atom stereocenters. The Bertz CT molecular complexity index is 329. The third kappa shape index (κ3) is 9.11. The van der Waals surface area contributed by atoms with Gasteiger partial charge in [-0.2, -0.15) is 0 Å². The summed E-state index contributed by atoms with van der Waals surface area (Å²) in [4.78, 5) is 23.2. The van der Waals surface area contributed by atoms with Crippen LogP contribution in [0.3, 0.4) is 0 Å². The van der Waals surface area contributed by atoms with Gasteiger partial charge in [-0.3, -0.25) is 0 Å². The van der Waals surface area contributed by atoms with Crippen molar-refractivity contribution in [3.05, 3.63) is 12.2 Å². The number of hydrogen-bond acceptors (Lipinski definition) is 4. The summed E-state index contributed by atoms with van der Waals surface area (Å²) in [5.74, 6) is -0.0981. The van der Waals surface area contributed by atoms with Crippen molar-refractivity contribution in [2.75, 3.05) is 7.11 Å². The van der Waals surface area contributed by atoms with Gasteiger partial charge in [-0.05, 0) is 33.1 Å². The minimum absolute atomic E-state index is 0.379. The first kappa shape index (κ1) is 17.5. The summed E-state index contributed by atoms with van der Waals surface area (Å²) in [6.45, 7) is 9.35. The quantitative estimate of drug-likeness (QED) is 0.616. The summed E-state index contributed by atoms with van der Waals surface area (Å²) in [7, 11) is 1.29. The van der Waals surface area contributed by atoms with Gasteiger partial charge in [0, 0.05) is 0 Å². The summed E-state index contributed by atoms with van der Waals surface area (Å²) in [6.07, 6.45) is 3.57. The molecule has 0 aromatic carbocycles. The number of methoxy groups -OCH3 is 1. The molecule has 5 heteroatoms.